The molecule has 2 rings (SSSR count). The third kappa shape index (κ3) is 2.64. The van der Waals surface area contributed by atoms with Gasteiger partial charge in [-0.05, 0) is 51.3 Å². The number of hydrogen-bond acceptors (Lipinski definition) is 2. The van der Waals surface area contributed by atoms with E-state index in [0.717, 1.165) is 29.5 Å². The lowest BCUT2D eigenvalue weighted by Crippen LogP contribution is -2.55. The molecule has 0 radical (unpaired) electrons. The number of rotatable bonds is 2. The Morgan fingerprint density at radius 2 is 2.16 bits per heavy atom. The van der Waals surface area contributed by atoms with Crippen LogP contribution in [0.15, 0.2) is 22.7 Å². The molecule has 4 heteroatoms. The van der Waals surface area contributed by atoms with Crippen LogP contribution in [0.2, 0.25) is 0 Å². The molecule has 1 aromatic rings. The first-order valence-corrected chi connectivity index (χ1v) is 7.40. The molecular formula is C15H20BrNO2. The zero-order valence-electron chi connectivity index (χ0n) is 11.6. The van der Waals surface area contributed by atoms with Crippen LogP contribution >= 0.6 is 15.9 Å². The number of aliphatic carboxylic acids is 1. The molecule has 1 fully saturated rings. The van der Waals surface area contributed by atoms with Gasteiger partial charge in [0.1, 0.15) is 0 Å². The Morgan fingerprint density at radius 1 is 1.47 bits per heavy atom. The number of anilines is 1. The second kappa shape index (κ2) is 5.16. The lowest BCUT2D eigenvalue weighted by Gasteiger charge is -2.48. The molecule has 0 amide bonds. The number of halogens is 1. The van der Waals surface area contributed by atoms with E-state index in [-0.39, 0.29) is 11.5 Å². The van der Waals surface area contributed by atoms with Crippen LogP contribution in [0.4, 0.5) is 5.69 Å². The molecule has 1 unspecified atom stereocenters. The number of carbonyl (C=O) groups is 1. The highest BCUT2D eigenvalue weighted by Gasteiger charge is 2.42. The summed E-state index contributed by atoms with van der Waals surface area (Å²) >= 11 is 3.55. The Balaban J connectivity index is 2.37. The van der Waals surface area contributed by atoms with Gasteiger partial charge in [0.25, 0.3) is 0 Å². The van der Waals surface area contributed by atoms with Gasteiger partial charge in [-0.15, -0.1) is 0 Å². The highest BCUT2D eigenvalue weighted by atomic mass is 79.9. The minimum Gasteiger partial charge on any atom is -0.481 e. The van der Waals surface area contributed by atoms with Gasteiger partial charge in [0, 0.05) is 22.2 Å². The van der Waals surface area contributed by atoms with Gasteiger partial charge in [-0.25, -0.2) is 0 Å². The van der Waals surface area contributed by atoms with Gasteiger partial charge in [0.05, 0.1) is 5.92 Å². The van der Waals surface area contributed by atoms with Crippen molar-refractivity contribution in [3.05, 3.63) is 28.2 Å². The van der Waals surface area contributed by atoms with Crippen molar-refractivity contribution in [2.24, 2.45) is 5.92 Å². The lowest BCUT2D eigenvalue weighted by molar-refractivity contribution is -0.144. The van der Waals surface area contributed by atoms with Crippen molar-refractivity contribution < 1.29 is 9.90 Å². The van der Waals surface area contributed by atoms with Crippen molar-refractivity contribution >= 4 is 27.6 Å². The molecule has 1 atom stereocenters. The summed E-state index contributed by atoms with van der Waals surface area (Å²) in [6.07, 6.45) is 1.68. The summed E-state index contributed by atoms with van der Waals surface area (Å²) in [5, 5.41) is 9.40. The van der Waals surface area contributed by atoms with Crippen LogP contribution in [0, 0.1) is 12.8 Å². The SMILES string of the molecule is Cc1ccc(N2CCCC(C(=O)O)C2(C)C)cc1Br. The summed E-state index contributed by atoms with van der Waals surface area (Å²) in [7, 11) is 0. The second-order valence-electron chi connectivity index (χ2n) is 5.77. The number of benzene rings is 1. The van der Waals surface area contributed by atoms with Gasteiger partial charge in [0.2, 0.25) is 0 Å². The Morgan fingerprint density at radius 3 is 2.74 bits per heavy atom. The fraction of sp³-hybridized carbons (Fsp3) is 0.533. The molecule has 1 aliphatic heterocycles. The maximum atomic E-state index is 11.4. The smallest absolute Gasteiger partial charge is 0.308 e. The molecule has 0 spiro atoms. The Kier molecular flexibility index (Phi) is 3.90. The fourth-order valence-electron chi connectivity index (χ4n) is 2.92. The molecular weight excluding hydrogens is 306 g/mol. The van der Waals surface area contributed by atoms with E-state index in [1.54, 1.807) is 0 Å². The molecule has 1 N–H and O–H groups in total. The van der Waals surface area contributed by atoms with Gasteiger partial charge in [-0.2, -0.15) is 0 Å². The zero-order valence-corrected chi connectivity index (χ0v) is 13.2. The largest absolute Gasteiger partial charge is 0.481 e. The minimum atomic E-state index is -0.694. The number of nitrogens with zero attached hydrogens (tertiary/aromatic N) is 1. The monoisotopic (exact) mass is 325 g/mol. The van der Waals surface area contributed by atoms with Crippen molar-refractivity contribution in [3.63, 3.8) is 0 Å². The van der Waals surface area contributed by atoms with E-state index in [4.69, 9.17) is 0 Å². The maximum absolute atomic E-state index is 11.4. The van der Waals surface area contributed by atoms with E-state index in [9.17, 15) is 9.90 Å². The van der Waals surface area contributed by atoms with Crippen LogP contribution in [0.5, 0.6) is 0 Å². The van der Waals surface area contributed by atoms with Crippen molar-refractivity contribution in [1.82, 2.24) is 0 Å². The minimum absolute atomic E-state index is 0.318. The van der Waals surface area contributed by atoms with E-state index in [1.165, 1.54) is 5.56 Å². The average molecular weight is 326 g/mol. The van der Waals surface area contributed by atoms with Crippen LogP contribution in [-0.2, 0) is 4.79 Å². The summed E-state index contributed by atoms with van der Waals surface area (Å²) in [5.74, 6) is -1.01. The van der Waals surface area contributed by atoms with Gasteiger partial charge < -0.3 is 10.0 Å². The van der Waals surface area contributed by atoms with E-state index in [2.05, 4.69) is 46.0 Å². The molecule has 0 aliphatic carbocycles. The predicted octanol–water partition coefficient (Wildman–Crippen LogP) is 3.84. The number of aryl methyl sites for hydroxylation is 1. The molecule has 0 saturated carbocycles. The highest BCUT2D eigenvalue weighted by Crippen LogP contribution is 2.38. The van der Waals surface area contributed by atoms with E-state index < -0.39 is 5.97 Å². The van der Waals surface area contributed by atoms with Gasteiger partial charge >= 0.3 is 5.97 Å². The molecule has 1 heterocycles. The second-order valence-corrected chi connectivity index (χ2v) is 6.63. The van der Waals surface area contributed by atoms with Crippen molar-refractivity contribution in [3.8, 4) is 0 Å². The quantitative estimate of drug-likeness (QED) is 0.898. The normalized spacial score (nSPS) is 22.3. The third-order valence-electron chi connectivity index (χ3n) is 4.19. The Labute approximate surface area is 122 Å². The van der Waals surface area contributed by atoms with E-state index in [0.29, 0.717) is 0 Å². The Bertz CT molecular complexity index is 499. The van der Waals surface area contributed by atoms with Crippen LogP contribution in [0.3, 0.4) is 0 Å². The standard InChI is InChI=1S/C15H20BrNO2/c1-10-6-7-11(9-13(10)16)17-8-4-5-12(14(18)19)15(17,2)3/h6-7,9,12H,4-5,8H2,1-3H3,(H,18,19). The summed E-state index contributed by atoms with van der Waals surface area (Å²) in [4.78, 5) is 13.7. The van der Waals surface area contributed by atoms with Gasteiger partial charge in [-0.3, -0.25) is 4.79 Å². The van der Waals surface area contributed by atoms with Gasteiger partial charge in [0.15, 0.2) is 0 Å². The molecule has 19 heavy (non-hydrogen) atoms. The topological polar surface area (TPSA) is 40.5 Å². The first-order chi connectivity index (χ1) is 8.84. The summed E-state index contributed by atoms with van der Waals surface area (Å²) < 4.78 is 1.07. The van der Waals surface area contributed by atoms with Crippen molar-refractivity contribution in [2.45, 2.75) is 39.2 Å². The first-order valence-electron chi connectivity index (χ1n) is 6.60. The third-order valence-corrected chi connectivity index (χ3v) is 5.04. The van der Waals surface area contributed by atoms with Crippen molar-refractivity contribution in [2.75, 3.05) is 11.4 Å². The highest BCUT2D eigenvalue weighted by molar-refractivity contribution is 9.10. The van der Waals surface area contributed by atoms with Crippen LogP contribution < -0.4 is 4.90 Å². The van der Waals surface area contributed by atoms with Crippen LogP contribution in [-0.4, -0.2) is 23.2 Å². The lowest BCUT2D eigenvalue weighted by atomic mass is 9.78. The fourth-order valence-corrected chi connectivity index (χ4v) is 3.29. The number of carboxylic acids is 1. The molecule has 1 saturated heterocycles. The predicted molar refractivity (Wildman–Crippen MR) is 80.7 cm³/mol. The molecule has 1 aromatic carbocycles. The summed E-state index contributed by atoms with van der Waals surface area (Å²) in [5.41, 5.74) is 1.92. The maximum Gasteiger partial charge on any atom is 0.308 e. The zero-order chi connectivity index (χ0) is 14.2. The Hall–Kier alpha value is -1.03. The van der Waals surface area contributed by atoms with E-state index >= 15 is 0 Å². The van der Waals surface area contributed by atoms with Crippen LogP contribution in [0.1, 0.15) is 32.3 Å². The number of carboxylic acid groups (broad SMARTS) is 1. The molecule has 3 nitrogen and oxygen atoms in total. The summed E-state index contributed by atoms with van der Waals surface area (Å²) in [6, 6.07) is 6.23. The molecule has 0 aromatic heterocycles. The van der Waals surface area contributed by atoms with Gasteiger partial charge in [-0.1, -0.05) is 22.0 Å². The van der Waals surface area contributed by atoms with Crippen LogP contribution in [0.25, 0.3) is 0 Å². The van der Waals surface area contributed by atoms with E-state index in [1.807, 2.05) is 13.8 Å². The molecule has 1 aliphatic rings. The average Bonchev–Trinajstić information content (AvgIpc) is 2.31. The van der Waals surface area contributed by atoms with Crippen molar-refractivity contribution in [1.29, 1.82) is 0 Å². The first kappa shape index (κ1) is 14.4. The number of piperidine rings is 1. The summed E-state index contributed by atoms with van der Waals surface area (Å²) in [6.45, 7) is 7.01. The number of hydrogen-bond donors (Lipinski definition) is 1. The molecule has 0 bridgehead atoms. The molecule has 104 valence electrons.